The van der Waals surface area contributed by atoms with Crippen LogP contribution < -0.4 is 11.1 Å². The van der Waals surface area contributed by atoms with Crippen molar-refractivity contribution in [2.45, 2.75) is 70.9 Å². The van der Waals surface area contributed by atoms with Crippen LogP contribution in [-0.2, 0) is 16.1 Å². The van der Waals surface area contributed by atoms with Crippen LogP contribution in [0.25, 0.3) is 0 Å². The summed E-state index contributed by atoms with van der Waals surface area (Å²) >= 11 is 0. The largest absolute Gasteiger partial charge is 0.351 e. The van der Waals surface area contributed by atoms with Gasteiger partial charge in [0.05, 0.1) is 11.1 Å². The number of fused-ring (bicyclic) bond motifs is 1. The van der Waals surface area contributed by atoms with Gasteiger partial charge in [-0.05, 0) is 24.5 Å². The van der Waals surface area contributed by atoms with E-state index in [1.165, 1.54) is 17.4 Å². The average molecular weight is 443 g/mol. The summed E-state index contributed by atoms with van der Waals surface area (Å²) in [5, 5.41) is 2.18. The van der Waals surface area contributed by atoms with Crippen molar-refractivity contribution in [3.63, 3.8) is 0 Å². The molecule has 0 aliphatic carbocycles. The van der Waals surface area contributed by atoms with E-state index in [-0.39, 0.29) is 30.5 Å². The lowest BCUT2D eigenvalue weighted by molar-refractivity contribution is -0.136. The first kappa shape index (κ1) is 23.4. The number of hydrogen-bond donors (Lipinski definition) is 2. The molecule has 3 N–H and O–H groups in total. The highest BCUT2D eigenvalue weighted by Gasteiger charge is 2.45. The lowest BCUT2D eigenvalue weighted by Gasteiger charge is -2.28. The number of piperidine rings is 1. The Morgan fingerprint density at radius 1 is 1.09 bits per heavy atom. The molecular formula is C23H30N4O5. The van der Waals surface area contributed by atoms with Gasteiger partial charge in [0, 0.05) is 19.5 Å². The van der Waals surface area contributed by atoms with Crippen molar-refractivity contribution in [1.82, 2.24) is 15.1 Å². The van der Waals surface area contributed by atoms with E-state index >= 15 is 0 Å². The van der Waals surface area contributed by atoms with Crippen LogP contribution in [0.4, 0.5) is 4.79 Å². The molecule has 0 saturated carbocycles. The number of carbonyl (C=O) groups excluding carboxylic acids is 5. The first-order chi connectivity index (χ1) is 15.3. The van der Waals surface area contributed by atoms with E-state index in [0.717, 1.165) is 37.0 Å². The monoisotopic (exact) mass is 442 g/mol. The van der Waals surface area contributed by atoms with E-state index in [1.54, 1.807) is 12.1 Å². The molecule has 1 fully saturated rings. The van der Waals surface area contributed by atoms with Gasteiger partial charge in [-0.2, -0.15) is 0 Å². The Morgan fingerprint density at radius 3 is 2.50 bits per heavy atom. The van der Waals surface area contributed by atoms with Crippen LogP contribution in [0, 0.1) is 0 Å². The van der Waals surface area contributed by atoms with Crippen molar-refractivity contribution in [2.24, 2.45) is 5.73 Å². The van der Waals surface area contributed by atoms with Gasteiger partial charge in [0.1, 0.15) is 6.04 Å². The van der Waals surface area contributed by atoms with E-state index in [2.05, 4.69) is 12.2 Å². The third kappa shape index (κ3) is 4.98. The Morgan fingerprint density at radius 2 is 1.81 bits per heavy atom. The van der Waals surface area contributed by atoms with Crippen LogP contribution in [0.1, 0.15) is 84.6 Å². The summed E-state index contributed by atoms with van der Waals surface area (Å²) in [6, 6.07) is 3.26. The Labute approximate surface area is 187 Å². The fraction of sp³-hybridized carbons (Fsp3) is 0.522. The number of imide groups is 2. The zero-order valence-corrected chi connectivity index (χ0v) is 18.4. The maximum absolute atomic E-state index is 13.2. The Bertz CT molecular complexity index is 929. The molecule has 32 heavy (non-hydrogen) atoms. The van der Waals surface area contributed by atoms with Gasteiger partial charge < -0.3 is 10.6 Å². The van der Waals surface area contributed by atoms with Crippen LogP contribution in [-0.4, -0.2) is 52.0 Å². The molecule has 1 aromatic carbocycles. The number of urea groups is 1. The summed E-state index contributed by atoms with van der Waals surface area (Å²) in [4.78, 5) is 64.2. The van der Waals surface area contributed by atoms with E-state index < -0.39 is 35.7 Å². The van der Waals surface area contributed by atoms with Crippen molar-refractivity contribution in [3.05, 3.63) is 34.9 Å². The molecule has 9 nitrogen and oxygen atoms in total. The second kappa shape index (κ2) is 10.4. The van der Waals surface area contributed by atoms with E-state index in [4.69, 9.17) is 5.73 Å². The second-order valence-corrected chi connectivity index (χ2v) is 8.31. The molecule has 1 atom stereocenters. The maximum atomic E-state index is 13.2. The lowest BCUT2D eigenvalue weighted by Crippen LogP contribution is -2.54. The molecule has 2 heterocycles. The smallest absolute Gasteiger partial charge is 0.315 e. The summed E-state index contributed by atoms with van der Waals surface area (Å²) in [6.07, 6.45) is 6.54. The molecule has 2 aliphatic rings. The molecule has 2 aliphatic heterocycles. The number of primary amides is 1. The lowest BCUT2D eigenvalue weighted by atomic mass is 10.0. The van der Waals surface area contributed by atoms with E-state index in [1.807, 2.05) is 0 Å². The third-order valence-electron chi connectivity index (χ3n) is 6.01. The summed E-state index contributed by atoms with van der Waals surface area (Å²) in [5.74, 6) is -2.23. The third-order valence-corrected chi connectivity index (χ3v) is 6.01. The molecule has 0 radical (unpaired) electrons. The molecule has 0 aromatic heterocycles. The maximum Gasteiger partial charge on any atom is 0.315 e. The first-order valence-corrected chi connectivity index (χ1v) is 11.2. The minimum atomic E-state index is -1.02. The van der Waals surface area contributed by atoms with Gasteiger partial charge in [-0.1, -0.05) is 51.2 Å². The number of amides is 6. The first-order valence-electron chi connectivity index (χ1n) is 11.2. The molecule has 9 heteroatoms. The Hall–Kier alpha value is -3.23. The molecule has 0 spiro atoms. The molecule has 172 valence electrons. The molecule has 1 aromatic rings. The topological polar surface area (TPSA) is 130 Å². The number of nitrogens with two attached hydrogens (primary N) is 1. The molecular weight excluding hydrogens is 412 g/mol. The van der Waals surface area contributed by atoms with E-state index in [9.17, 15) is 24.0 Å². The van der Waals surface area contributed by atoms with Crippen molar-refractivity contribution in [2.75, 3.05) is 6.54 Å². The molecule has 1 unspecified atom stereocenters. The van der Waals surface area contributed by atoms with Gasteiger partial charge in [-0.3, -0.25) is 29.4 Å². The molecule has 6 amide bonds. The SMILES string of the molecule is CCCCCCCCN(Cc1cccc2c1C(=O)N(C1CCC(=O)NC1=O)C2=O)C(N)=O. The van der Waals surface area contributed by atoms with Gasteiger partial charge in [-0.25, -0.2) is 4.79 Å². The Kier molecular flexibility index (Phi) is 7.61. The fourth-order valence-corrected chi connectivity index (χ4v) is 4.27. The number of benzene rings is 1. The van der Waals surface area contributed by atoms with Crippen molar-refractivity contribution in [1.29, 1.82) is 0 Å². The van der Waals surface area contributed by atoms with Crippen LogP contribution in [0.5, 0.6) is 0 Å². The summed E-state index contributed by atoms with van der Waals surface area (Å²) in [5.41, 5.74) is 6.47. The highest BCUT2D eigenvalue weighted by Crippen LogP contribution is 2.30. The van der Waals surface area contributed by atoms with Crippen LogP contribution in [0.15, 0.2) is 18.2 Å². The van der Waals surface area contributed by atoms with Crippen molar-refractivity contribution < 1.29 is 24.0 Å². The molecule has 0 bridgehead atoms. The van der Waals surface area contributed by atoms with Gasteiger partial charge in [0.15, 0.2) is 0 Å². The fourth-order valence-electron chi connectivity index (χ4n) is 4.27. The second-order valence-electron chi connectivity index (χ2n) is 8.31. The number of nitrogens with one attached hydrogen (secondary N) is 1. The number of hydrogen-bond acceptors (Lipinski definition) is 5. The zero-order chi connectivity index (χ0) is 23.3. The average Bonchev–Trinajstić information content (AvgIpc) is 3.01. The quantitative estimate of drug-likeness (QED) is 0.424. The zero-order valence-electron chi connectivity index (χ0n) is 18.4. The molecule has 1 saturated heterocycles. The van der Waals surface area contributed by atoms with Crippen LogP contribution in [0.3, 0.4) is 0 Å². The van der Waals surface area contributed by atoms with Gasteiger partial charge in [0.2, 0.25) is 11.8 Å². The number of unbranched alkanes of at least 4 members (excludes halogenated alkanes) is 5. The van der Waals surface area contributed by atoms with Crippen LogP contribution in [0.2, 0.25) is 0 Å². The summed E-state index contributed by atoms with van der Waals surface area (Å²) in [7, 11) is 0. The number of carbonyl (C=O) groups is 5. The Balaban J connectivity index is 1.74. The standard InChI is InChI=1S/C23H30N4O5/c1-2-3-4-5-6-7-13-26(23(24)32)14-15-9-8-10-16-19(15)22(31)27(21(16)30)17-11-12-18(28)25-20(17)29/h8-10,17H,2-7,11-14H2,1H3,(H2,24,32)(H,25,28,29). The summed E-state index contributed by atoms with van der Waals surface area (Å²) in [6.45, 7) is 2.72. The van der Waals surface area contributed by atoms with E-state index in [0.29, 0.717) is 12.1 Å². The van der Waals surface area contributed by atoms with Gasteiger partial charge in [0.25, 0.3) is 11.8 Å². The minimum absolute atomic E-state index is 0.0599. The minimum Gasteiger partial charge on any atom is -0.351 e. The van der Waals surface area contributed by atoms with Crippen molar-refractivity contribution in [3.8, 4) is 0 Å². The predicted molar refractivity (Wildman–Crippen MR) is 116 cm³/mol. The normalized spacial score (nSPS) is 18.0. The highest BCUT2D eigenvalue weighted by molar-refractivity contribution is 6.24. The van der Waals surface area contributed by atoms with Crippen LogP contribution >= 0.6 is 0 Å². The molecule has 3 rings (SSSR count). The van der Waals surface area contributed by atoms with Crippen molar-refractivity contribution >= 4 is 29.7 Å². The van der Waals surface area contributed by atoms with Gasteiger partial charge in [-0.15, -0.1) is 0 Å². The summed E-state index contributed by atoms with van der Waals surface area (Å²) < 4.78 is 0. The number of rotatable bonds is 10. The highest BCUT2D eigenvalue weighted by atomic mass is 16.2. The number of nitrogens with zero attached hydrogens (tertiary/aromatic N) is 2. The van der Waals surface area contributed by atoms with Gasteiger partial charge >= 0.3 is 6.03 Å². The predicted octanol–water partition coefficient (Wildman–Crippen LogP) is 2.33.